The zero-order valence-electron chi connectivity index (χ0n) is 17.4. The first-order chi connectivity index (χ1) is 14.1. The molecule has 29 heavy (non-hydrogen) atoms. The van der Waals surface area contributed by atoms with E-state index in [-0.39, 0.29) is 11.9 Å². The largest absolute Gasteiger partial charge is 0.465 e. The van der Waals surface area contributed by atoms with Gasteiger partial charge >= 0.3 is 11.9 Å². The van der Waals surface area contributed by atoms with Crippen molar-refractivity contribution in [3.8, 4) is 0 Å². The van der Waals surface area contributed by atoms with E-state index < -0.39 is 0 Å². The molecule has 0 atom stereocenters. The molecular weight excluding hydrogens is 364 g/mol. The number of carbonyl (C=O) groups excluding carboxylic acids is 2. The second kappa shape index (κ2) is 11.2. The normalized spacial score (nSPS) is 27.0. The quantitative estimate of drug-likeness (QED) is 0.433. The maximum atomic E-state index is 12.3. The number of benzene rings is 1. The van der Waals surface area contributed by atoms with Gasteiger partial charge in [0.1, 0.15) is 0 Å². The second-order valence-electron chi connectivity index (χ2n) is 8.74. The van der Waals surface area contributed by atoms with E-state index in [0.29, 0.717) is 43.3 Å². The van der Waals surface area contributed by atoms with E-state index in [1.165, 1.54) is 24.5 Å². The summed E-state index contributed by atoms with van der Waals surface area (Å²) < 4.78 is 10.8. The SMILES string of the molecule is C=CC(=O)OCC1CCC(COC(=O)CC2CCC(c3ccccc3)CC2)CC1. The predicted octanol–water partition coefficient (Wildman–Crippen LogP) is 5.43. The van der Waals surface area contributed by atoms with Gasteiger partial charge in [-0.2, -0.15) is 0 Å². The Kier molecular flexibility index (Phi) is 8.33. The Balaban J connectivity index is 1.28. The van der Waals surface area contributed by atoms with E-state index in [2.05, 4.69) is 36.9 Å². The van der Waals surface area contributed by atoms with Crippen LogP contribution in [0.2, 0.25) is 0 Å². The van der Waals surface area contributed by atoms with Crippen molar-refractivity contribution in [1.82, 2.24) is 0 Å². The maximum Gasteiger partial charge on any atom is 0.330 e. The molecule has 3 rings (SSSR count). The molecule has 0 aromatic heterocycles. The maximum absolute atomic E-state index is 12.3. The average Bonchev–Trinajstić information content (AvgIpc) is 2.78. The van der Waals surface area contributed by atoms with Gasteiger partial charge in [-0.15, -0.1) is 0 Å². The summed E-state index contributed by atoms with van der Waals surface area (Å²) >= 11 is 0. The molecule has 0 saturated heterocycles. The van der Waals surface area contributed by atoms with Crippen LogP contribution < -0.4 is 0 Å². The van der Waals surface area contributed by atoms with Crippen LogP contribution in [0, 0.1) is 17.8 Å². The lowest BCUT2D eigenvalue weighted by Crippen LogP contribution is -2.24. The Morgan fingerprint density at radius 3 is 1.97 bits per heavy atom. The second-order valence-corrected chi connectivity index (χ2v) is 8.74. The third-order valence-electron chi connectivity index (χ3n) is 6.65. The minimum absolute atomic E-state index is 0.0322. The molecule has 2 aliphatic carbocycles. The van der Waals surface area contributed by atoms with Crippen LogP contribution in [0.15, 0.2) is 43.0 Å². The third-order valence-corrected chi connectivity index (χ3v) is 6.65. The minimum Gasteiger partial charge on any atom is -0.465 e. The summed E-state index contributed by atoms with van der Waals surface area (Å²) in [6.07, 6.45) is 10.5. The number of hydrogen-bond donors (Lipinski definition) is 0. The highest BCUT2D eigenvalue weighted by Gasteiger charge is 2.26. The molecule has 1 aromatic rings. The molecule has 0 radical (unpaired) electrons. The van der Waals surface area contributed by atoms with Crippen molar-refractivity contribution < 1.29 is 19.1 Å². The highest BCUT2D eigenvalue weighted by atomic mass is 16.5. The Morgan fingerprint density at radius 2 is 1.38 bits per heavy atom. The summed E-state index contributed by atoms with van der Waals surface area (Å²) in [4.78, 5) is 23.4. The Hall–Kier alpha value is -2.10. The fraction of sp³-hybridized carbons (Fsp3) is 0.600. The van der Waals surface area contributed by atoms with Gasteiger partial charge in [-0.3, -0.25) is 4.79 Å². The van der Waals surface area contributed by atoms with Crippen molar-refractivity contribution in [1.29, 1.82) is 0 Å². The third kappa shape index (κ3) is 7.02. The van der Waals surface area contributed by atoms with Crippen molar-refractivity contribution in [2.75, 3.05) is 13.2 Å². The van der Waals surface area contributed by atoms with Crippen molar-refractivity contribution in [3.63, 3.8) is 0 Å². The van der Waals surface area contributed by atoms with E-state index in [0.717, 1.165) is 38.5 Å². The summed E-state index contributed by atoms with van der Waals surface area (Å²) in [6, 6.07) is 10.7. The van der Waals surface area contributed by atoms with Crippen LogP contribution in [0.5, 0.6) is 0 Å². The molecule has 2 saturated carbocycles. The van der Waals surface area contributed by atoms with Gasteiger partial charge in [-0.05, 0) is 80.6 Å². The number of esters is 2. The molecule has 2 fully saturated rings. The summed E-state index contributed by atoms with van der Waals surface area (Å²) in [6.45, 7) is 4.43. The van der Waals surface area contributed by atoms with Crippen LogP contribution in [-0.2, 0) is 19.1 Å². The fourth-order valence-corrected chi connectivity index (χ4v) is 4.75. The standard InChI is InChI=1S/C25H34O4/c1-2-24(26)28-17-20-8-10-21(11-9-20)18-29-25(27)16-19-12-14-23(15-13-19)22-6-4-3-5-7-22/h2-7,19-21,23H,1,8-18H2. The smallest absolute Gasteiger partial charge is 0.330 e. The first kappa shape index (κ1) is 21.6. The molecule has 0 heterocycles. The van der Waals surface area contributed by atoms with Gasteiger partial charge in [0.15, 0.2) is 0 Å². The van der Waals surface area contributed by atoms with E-state index in [9.17, 15) is 9.59 Å². The van der Waals surface area contributed by atoms with Crippen LogP contribution >= 0.6 is 0 Å². The van der Waals surface area contributed by atoms with Gasteiger partial charge in [0.25, 0.3) is 0 Å². The number of carbonyl (C=O) groups is 2. The monoisotopic (exact) mass is 398 g/mol. The lowest BCUT2D eigenvalue weighted by molar-refractivity contribution is -0.147. The Labute approximate surface area is 174 Å². The molecule has 0 spiro atoms. The van der Waals surface area contributed by atoms with E-state index in [1.807, 2.05) is 0 Å². The van der Waals surface area contributed by atoms with Gasteiger partial charge in [0.2, 0.25) is 0 Å². The van der Waals surface area contributed by atoms with Crippen LogP contribution in [0.25, 0.3) is 0 Å². The van der Waals surface area contributed by atoms with E-state index in [1.54, 1.807) is 0 Å². The zero-order chi connectivity index (χ0) is 20.5. The molecule has 1 aromatic carbocycles. The minimum atomic E-state index is -0.348. The number of hydrogen-bond acceptors (Lipinski definition) is 4. The van der Waals surface area contributed by atoms with Crippen LogP contribution in [-0.4, -0.2) is 25.2 Å². The highest BCUT2D eigenvalue weighted by Crippen LogP contribution is 2.37. The van der Waals surface area contributed by atoms with E-state index >= 15 is 0 Å². The predicted molar refractivity (Wildman–Crippen MR) is 113 cm³/mol. The molecule has 4 heteroatoms. The Bertz CT molecular complexity index is 653. The van der Waals surface area contributed by atoms with Crippen molar-refractivity contribution in [2.45, 2.75) is 63.7 Å². The molecule has 0 unspecified atom stereocenters. The first-order valence-corrected chi connectivity index (χ1v) is 11.1. The van der Waals surface area contributed by atoms with E-state index in [4.69, 9.17) is 9.47 Å². The lowest BCUT2D eigenvalue weighted by Gasteiger charge is -2.29. The molecule has 0 amide bonds. The molecule has 0 aliphatic heterocycles. The topological polar surface area (TPSA) is 52.6 Å². The first-order valence-electron chi connectivity index (χ1n) is 11.1. The summed E-state index contributed by atoms with van der Waals surface area (Å²) in [5, 5.41) is 0. The molecular formula is C25H34O4. The highest BCUT2D eigenvalue weighted by molar-refractivity contribution is 5.81. The molecule has 0 N–H and O–H groups in total. The lowest BCUT2D eigenvalue weighted by atomic mass is 9.77. The van der Waals surface area contributed by atoms with Crippen LogP contribution in [0.1, 0.15) is 69.3 Å². The van der Waals surface area contributed by atoms with Crippen LogP contribution in [0.4, 0.5) is 0 Å². The van der Waals surface area contributed by atoms with Crippen molar-refractivity contribution in [3.05, 3.63) is 48.6 Å². The van der Waals surface area contributed by atoms with Gasteiger partial charge in [-0.1, -0.05) is 36.9 Å². The van der Waals surface area contributed by atoms with Gasteiger partial charge in [0, 0.05) is 12.5 Å². The number of rotatable bonds is 8. The molecule has 4 nitrogen and oxygen atoms in total. The van der Waals surface area contributed by atoms with Gasteiger partial charge < -0.3 is 9.47 Å². The van der Waals surface area contributed by atoms with Crippen molar-refractivity contribution in [2.24, 2.45) is 17.8 Å². The number of ether oxygens (including phenoxy) is 2. The fourth-order valence-electron chi connectivity index (χ4n) is 4.75. The van der Waals surface area contributed by atoms with Crippen LogP contribution in [0.3, 0.4) is 0 Å². The molecule has 158 valence electrons. The molecule has 0 bridgehead atoms. The summed E-state index contributed by atoms with van der Waals surface area (Å²) in [7, 11) is 0. The summed E-state index contributed by atoms with van der Waals surface area (Å²) in [5.41, 5.74) is 1.43. The average molecular weight is 399 g/mol. The summed E-state index contributed by atoms with van der Waals surface area (Å²) in [5.74, 6) is 1.60. The zero-order valence-corrected chi connectivity index (χ0v) is 17.4. The Morgan fingerprint density at radius 1 is 0.828 bits per heavy atom. The van der Waals surface area contributed by atoms with Gasteiger partial charge in [0.05, 0.1) is 13.2 Å². The van der Waals surface area contributed by atoms with Crippen molar-refractivity contribution >= 4 is 11.9 Å². The molecule has 2 aliphatic rings. The van der Waals surface area contributed by atoms with Gasteiger partial charge in [-0.25, -0.2) is 4.79 Å².